The summed E-state index contributed by atoms with van der Waals surface area (Å²) in [7, 11) is 0. The fraction of sp³-hybridized carbons (Fsp3) is 0.333. The minimum Gasteiger partial charge on any atom is -0.502 e. The number of aromatic hydroxyl groups is 1. The number of fused-ring (bicyclic) bond motifs is 1. The van der Waals surface area contributed by atoms with Gasteiger partial charge in [-0.15, -0.1) is 10.2 Å². The van der Waals surface area contributed by atoms with E-state index in [9.17, 15) is 14.7 Å². The second kappa shape index (κ2) is 9.94. The maximum atomic E-state index is 13.2. The maximum Gasteiger partial charge on any atom is 0.227 e. The van der Waals surface area contributed by atoms with Gasteiger partial charge in [0, 0.05) is 30.6 Å². The van der Waals surface area contributed by atoms with Gasteiger partial charge in [0.25, 0.3) is 0 Å². The van der Waals surface area contributed by atoms with Gasteiger partial charge < -0.3 is 14.8 Å². The van der Waals surface area contributed by atoms with E-state index < -0.39 is 16.6 Å². The van der Waals surface area contributed by atoms with Gasteiger partial charge in [0.15, 0.2) is 17.2 Å². The third-order valence-corrected chi connectivity index (χ3v) is 6.92. The highest BCUT2D eigenvalue weighted by atomic mass is 16.4. The fourth-order valence-electron chi connectivity index (χ4n) is 4.99. The molecule has 1 aliphatic rings. The van der Waals surface area contributed by atoms with Crippen molar-refractivity contribution in [2.24, 2.45) is 0 Å². The highest BCUT2D eigenvalue weighted by Crippen LogP contribution is 2.42. The van der Waals surface area contributed by atoms with Crippen molar-refractivity contribution in [3.63, 3.8) is 0 Å². The van der Waals surface area contributed by atoms with Crippen molar-refractivity contribution in [1.82, 2.24) is 24.8 Å². The van der Waals surface area contributed by atoms with Gasteiger partial charge in [-0.05, 0) is 50.6 Å². The van der Waals surface area contributed by atoms with Crippen LogP contribution < -0.4 is 10.7 Å². The lowest BCUT2D eigenvalue weighted by atomic mass is 9.72. The van der Waals surface area contributed by atoms with Crippen LogP contribution in [0.2, 0.25) is 0 Å². The molecule has 1 fully saturated rings. The summed E-state index contributed by atoms with van der Waals surface area (Å²) in [6.07, 6.45) is 3.07. The van der Waals surface area contributed by atoms with Gasteiger partial charge in [-0.2, -0.15) is 0 Å². The topological polar surface area (TPSA) is 113 Å². The molecule has 0 aliphatic carbocycles. The minimum atomic E-state index is -0.792. The molecule has 4 aromatic rings. The third-order valence-electron chi connectivity index (χ3n) is 6.92. The molecule has 0 atom stereocenters. The molecule has 36 heavy (non-hydrogen) atoms. The Kier molecular flexibility index (Phi) is 6.56. The molecule has 3 aromatic heterocycles. The van der Waals surface area contributed by atoms with Crippen LogP contribution in [0.25, 0.3) is 5.65 Å². The molecule has 186 valence electrons. The van der Waals surface area contributed by atoms with Gasteiger partial charge in [0.2, 0.25) is 17.1 Å². The van der Waals surface area contributed by atoms with Gasteiger partial charge in [0.1, 0.15) is 5.76 Å². The molecule has 1 aliphatic heterocycles. The Labute approximate surface area is 208 Å². The van der Waals surface area contributed by atoms with E-state index >= 15 is 0 Å². The SMILES string of the molecule is Cc1cc(=O)c(O)c(C2(CC(=O)NCc3nnc4ccccn34)CCN(Cc3ccccc3)CC2)o1. The van der Waals surface area contributed by atoms with Crippen molar-refractivity contribution < 1.29 is 14.3 Å². The first kappa shape index (κ1) is 23.7. The van der Waals surface area contributed by atoms with Crippen molar-refractivity contribution in [3.8, 4) is 5.75 Å². The van der Waals surface area contributed by atoms with Crippen LogP contribution >= 0.6 is 0 Å². The smallest absolute Gasteiger partial charge is 0.227 e. The molecule has 1 aromatic carbocycles. The molecular weight excluding hydrogens is 458 g/mol. The van der Waals surface area contributed by atoms with Crippen LogP contribution in [0, 0.1) is 6.92 Å². The van der Waals surface area contributed by atoms with E-state index in [0.29, 0.717) is 43.2 Å². The molecule has 0 spiro atoms. The van der Waals surface area contributed by atoms with Crippen molar-refractivity contribution in [2.75, 3.05) is 13.1 Å². The standard InChI is InChI=1S/C27H29N5O4/c1-19-15-21(33)25(35)26(36-19)27(10-13-31(14-11-27)18-20-7-3-2-4-8-20)16-24(34)28-17-23-30-29-22-9-5-6-12-32(22)23/h2-9,12,15,35H,10-11,13-14,16-18H2,1H3,(H,28,34). The number of hydrogen-bond donors (Lipinski definition) is 2. The van der Waals surface area contributed by atoms with Crippen molar-refractivity contribution in [2.45, 2.75) is 44.7 Å². The van der Waals surface area contributed by atoms with E-state index in [1.54, 1.807) is 6.92 Å². The molecular formula is C27H29N5O4. The normalized spacial score (nSPS) is 15.7. The van der Waals surface area contributed by atoms with Crippen LogP contribution in [0.4, 0.5) is 0 Å². The molecule has 0 radical (unpaired) electrons. The number of carbonyl (C=O) groups is 1. The van der Waals surface area contributed by atoms with Crippen molar-refractivity contribution in [3.05, 3.63) is 93.9 Å². The largest absolute Gasteiger partial charge is 0.502 e. The van der Waals surface area contributed by atoms with Crippen molar-refractivity contribution in [1.29, 1.82) is 0 Å². The van der Waals surface area contributed by atoms with Crippen molar-refractivity contribution >= 4 is 11.6 Å². The number of nitrogens with one attached hydrogen (secondary N) is 1. The van der Waals surface area contributed by atoms with E-state index in [-0.39, 0.29) is 24.6 Å². The number of hydrogen-bond acceptors (Lipinski definition) is 7. The number of nitrogens with zero attached hydrogens (tertiary/aromatic N) is 4. The molecule has 0 saturated carbocycles. The number of pyridine rings is 1. The summed E-state index contributed by atoms with van der Waals surface area (Å²) < 4.78 is 7.74. The Morgan fingerprint density at radius 3 is 2.64 bits per heavy atom. The molecule has 5 rings (SSSR count). The monoisotopic (exact) mass is 487 g/mol. The Hall–Kier alpha value is -3.98. The first-order chi connectivity index (χ1) is 17.4. The first-order valence-corrected chi connectivity index (χ1v) is 12.1. The zero-order valence-corrected chi connectivity index (χ0v) is 20.2. The number of amides is 1. The number of carbonyl (C=O) groups excluding carboxylic acids is 1. The third kappa shape index (κ3) is 4.87. The van der Waals surface area contributed by atoms with E-state index in [4.69, 9.17) is 4.42 Å². The summed E-state index contributed by atoms with van der Waals surface area (Å²) >= 11 is 0. The van der Waals surface area contributed by atoms with Gasteiger partial charge in [-0.1, -0.05) is 36.4 Å². The summed E-state index contributed by atoms with van der Waals surface area (Å²) in [5.41, 5.74) is 0.637. The summed E-state index contributed by atoms with van der Waals surface area (Å²) in [6.45, 7) is 4.10. The molecule has 9 nitrogen and oxygen atoms in total. The van der Waals surface area contributed by atoms with Gasteiger partial charge in [0.05, 0.1) is 6.54 Å². The van der Waals surface area contributed by atoms with E-state index in [0.717, 1.165) is 6.54 Å². The maximum absolute atomic E-state index is 13.2. The van der Waals surface area contributed by atoms with Crippen LogP contribution in [0.15, 0.2) is 70.0 Å². The summed E-state index contributed by atoms with van der Waals surface area (Å²) in [6, 6.07) is 17.1. The minimum absolute atomic E-state index is 0.0862. The predicted molar refractivity (Wildman–Crippen MR) is 133 cm³/mol. The molecule has 1 amide bonds. The number of piperidine rings is 1. The summed E-state index contributed by atoms with van der Waals surface area (Å²) in [5.74, 6) is 0.621. The molecule has 0 bridgehead atoms. The summed E-state index contributed by atoms with van der Waals surface area (Å²) in [4.78, 5) is 27.9. The molecule has 2 N–H and O–H groups in total. The van der Waals surface area contributed by atoms with Crippen LogP contribution in [-0.4, -0.2) is 43.6 Å². The van der Waals surface area contributed by atoms with E-state index in [1.165, 1.54) is 11.6 Å². The zero-order valence-electron chi connectivity index (χ0n) is 20.2. The van der Waals surface area contributed by atoms with Gasteiger partial charge in [-0.25, -0.2) is 0 Å². The Bertz CT molecular complexity index is 1420. The zero-order chi connectivity index (χ0) is 25.1. The number of aryl methyl sites for hydroxylation is 1. The van der Waals surface area contributed by atoms with Gasteiger partial charge in [-0.3, -0.25) is 18.9 Å². The summed E-state index contributed by atoms with van der Waals surface area (Å²) in [5, 5.41) is 21.9. The molecule has 9 heteroatoms. The number of rotatable bonds is 7. The second-order valence-electron chi connectivity index (χ2n) is 9.44. The number of benzene rings is 1. The predicted octanol–water partition coefficient (Wildman–Crippen LogP) is 2.94. The Balaban J connectivity index is 1.35. The Morgan fingerprint density at radius 2 is 1.86 bits per heavy atom. The molecule has 4 heterocycles. The lowest BCUT2D eigenvalue weighted by Gasteiger charge is -2.41. The van der Waals surface area contributed by atoms with Crippen LogP contribution in [-0.2, 0) is 23.3 Å². The lowest BCUT2D eigenvalue weighted by molar-refractivity contribution is -0.123. The average molecular weight is 488 g/mol. The quantitative estimate of drug-likeness (QED) is 0.412. The average Bonchev–Trinajstić information content (AvgIpc) is 3.30. The lowest BCUT2D eigenvalue weighted by Crippen LogP contribution is -2.45. The van der Waals surface area contributed by atoms with Gasteiger partial charge >= 0.3 is 0 Å². The Morgan fingerprint density at radius 1 is 1.11 bits per heavy atom. The van der Waals surface area contributed by atoms with E-state index in [1.807, 2.05) is 47.0 Å². The molecule has 1 saturated heterocycles. The molecule has 0 unspecified atom stereocenters. The number of aromatic nitrogens is 3. The van der Waals surface area contributed by atoms with Crippen LogP contribution in [0.3, 0.4) is 0 Å². The second-order valence-corrected chi connectivity index (χ2v) is 9.44. The first-order valence-electron chi connectivity index (χ1n) is 12.1. The highest BCUT2D eigenvalue weighted by Gasteiger charge is 2.43. The highest BCUT2D eigenvalue weighted by molar-refractivity contribution is 5.77. The van der Waals surface area contributed by atoms with E-state index in [2.05, 4.69) is 32.5 Å². The van der Waals surface area contributed by atoms with Crippen LogP contribution in [0.5, 0.6) is 5.75 Å². The van der Waals surface area contributed by atoms with Crippen LogP contribution in [0.1, 0.15) is 42.2 Å². The fourth-order valence-corrected chi connectivity index (χ4v) is 4.99. The number of likely N-dealkylation sites (tertiary alicyclic amines) is 1.